The maximum atomic E-state index is 13.0. The Morgan fingerprint density at radius 1 is 1.07 bits per heavy atom. The van der Waals surface area contributed by atoms with Crippen LogP contribution in [0.4, 0.5) is 14.5 Å². The Balaban J connectivity index is 1.59. The molecule has 0 radical (unpaired) electrons. The maximum absolute atomic E-state index is 13.0. The van der Waals surface area contributed by atoms with Gasteiger partial charge in [-0.1, -0.05) is 12.1 Å². The molecule has 0 atom stereocenters. The molecule has 162 valence electrons. The van der Waals surface area contributed by atoms with E-state index in [-0.39, 0.29) is 5.75 Å². The number of aryl methyl sites for hydroxylation is 2. The van der Waals surface area contributed by atoms with Gasteiger partial charge in [0.15, 0.2) is 5.11 Å². The fourth-order valence-corrected chi connectivity index (χ4v) is 5.21. The Hall–Kier alpha value is -2.30. The fraction of sp³-hybridized carbons (Fsp3) is 0.350. The van der Waals surface area contributed by atoms with E-state index in [2.05, 4.69) is 10.1 Å². The molecule has 2 aromatic rings. The number of alkyl halides is 2. The molecule has 30 heavy (non-hydrogen) atoms. The smallest absolute Gasteiger partial charge is 0.387 e. The number of nitrogens with one attached hydrogen (secondary N) is 1. The van der Waals surface area contributed by atoms with Gasteiger partial charge in [-0.15, -0.1) is 0 Å². The second-order valence-corrected chi connectivity index (χ2v) is 9.29. The van der Waals surface area contributed by atoms with Crippen LogP contribution in [0.2, 0.25) is 0 Å². The summed E-state index contributed by atoms with van der Waals surface area (Å²) in [5.41, 5.74) is 2.25. The van der Waals surface area contributed by atoms with E-state index in [0.717, 1.165) is 11.1 Å². The van der Waals surface area contributed by atoms with Crippen LogP contribution in [0.1, 0.15) is 11.1 Å². The molecule has 1 aliphatic heterocycles. The average Bonchev–Trinajstić information content (AvgIpc) is 2.71. The van der Waals surface area contributed by atoms with E-state index in [4.69, 9.17) is 12.2 Å². The summed E-state index contributed by atoms with van der Waals surface area (Å²) in [7, 11) is -3.57. The Morgan fingerprint density at radius 3 is 2.30 bits per heavy atom. The minimum Gasteiger partial charge on any atom is -0.435 e. The van der Waals surface area contributed by atoms with Gasteiger partial charge in [0.1, 0.15) is 5.75 Å². The van der Waals surface area contributed by atoms with E-state index < -0.39 is 16.6 Å². The summed E-state index contributed by atoms with van der Waals surface area (Å²) in [5, 5.41) is 3.49. The van der Waals surface area contributed by atoms with Crippen LogP contribution in [0.3, 0.4) is 0 Å². The molecule has 3 rings (SSSR count). The van der Waals surface area contributed by atoms with Crippen LogP contribution >= 0.6 is 12.2 Å². The van der Waals surface area contributed by atoms with Crippen LogP contribution in [0.15, 0.2) is 47.4 Å². The standard InChI is InChI=1S/C20H23F2N3O3S2/c1-14-3-4-15(2)18(13-14)30(26,27)25-11-9-24(10-12-25)20(29)23-16-5-7-17(8-6-16)28-19(21)22/h3-8,13,19H,9-12H2,1-2H3,(H,23,29). The van der Waals surface area contributed by atoms with Gasteiger partial charge in [-0.3, -0.25) is 0 Å². The predicted octanol–water partition coefficient (Wildman–Crippen LogP) is 3.61. The van der Waals surface area contributed by atoms with Crippen molar-refractivity contribution in [1.29, 1.82) is 0 Å². The monoisotopic (exact) mass is 455 g/mol. The number of nitrogens with zero attached hydrogens (tertiary/aromatic N) is 2. The summed E-state index contributed by atoms with van der Waals surface area (Å²) in [5.74, 6) is 0.0618. The number of ether oxygens (including phenoxy) is 1. The van der Waals surface area contributed by atoms with Crippen molar-refractivity contribution in [3.63, 3.8) is 0 Å². The molecule has 0 saturated carbocycles. The molecule has 0 unspecified atom stereocenters. The highest BCUT2D eigenvalue weighted by molar-refractivity contribution is 7.89. The molecule has 0 spiro atoms. The van der Waals surface area contributed by atoms with E-state index in [1.54, 1.807) is 25.1 Å². The molecule has 1 fully saturated rings. The molecular weight excluding hydrogens is 432 g/mol. The van der Waals surface area contributed by atoms with Gasteiger partial charge in [-0.05, 0) is 67.5 Å². The highest BCUT2D eigenvalue weighted by Gasteiger charge is 2.30. The minimum atomic E-state index is -3.57. The number of rotatable bonds is 5. The van der Waals surface area contributed by atoms with Gasteiger partial charge in [0, 0.05) is 31.9 Å². The van der Waals surface area contributed by atoms with Gasteiger partial charge < -0.3 is 15.0 Å². The second kappa shape index (κ2) is 9.23. The third-order valence-electron chi connectivity index (χ3n) is 4.82. The van der Waals surface area contributed by atoms with Crippen LogP contribution in [0.25, 0.3) is 0 Å². The zero-order valence-electron chi connectivity index (χ0n) is 16.6. The van der Waals surface area contributed by atoms with E-state index in [9.17, 15) is 17.2 Å². The van der Waals surface area contributed by atoms with Gasteiger partial charge in [0.25, 0.3) is 0 Å². The van der Waals surface area contributed by atoms with Crippen molar-refractivity contribution in [1.82, 2.24) is 9.21 Å². The first-order valence-corrected chi connectivity index (χ1v) is 11.2. The SMILES string of the molecule is Cc1ccc(C)c(S(=O)(=O)N2CCN(C(=S)Nc3ccc(OC(F)F)cc3)CC2)c1. The molecule has 10 heteroatoms. The summed E-state index contributed by atoms with van der Waals surface area (Å²) in [4.78, 5) is 2.22. The lowest BCUT2D eigenvalue weighted by atomic mass is 10.2. The van der Waals surface area contributed by atoms with Gasteiger partial charge in [-0.2, -0.15) is 13.1 Å². The van der Waals surface area contributed by atoms with Crippen LogP contribution < -0.4 is 10.1 Å². The Labute approximate surface area is 180 Å². The predicted molar refractivity (Wildman–Crippen MR) is 116 cm³/mol. The number of hydrogen-bond donors (Lipinski definition) is 1. The summed E-state index contributed by atoms with van der Waals surface area (Å²) in [6.07, 6.45) is 0. The minimum absolute atomic E-state index is 0.0618. The van der Waals surface area contributed by atoms with Crippen LogP contribution in [0.5, 0.6) is 5.75 Å². The van der Waals surface area contributed by atoms with Crippen LogP contribution in [0, 0.1) is 13.8 Å². The fourth-order valence-electron chi connectivity index (χ4n) is 3.18. The van der Waals surface area contributed by atoms with Crippen molar-refractivity contribution in [2.45, 2.75) is 25.4 Å². The Kier molecular flexibility index (Phi) is 6.89. The molecular formula is C20H23F2N3O3S2. The van der Waals surface area contributed by atoms with Crippen molar-refractivity contribution >= 4 is 33.0 Å². The summed E-state index contributed by atoms with van der Waals surface area (Å²) >= 11 is 5.42. The van der Waals surface area contributed by atoms with Crippen LogP contribution in [-0.2, 0) is 10.0 Å². The molecule has 0 aliphatic carbocycles. The van der Waals surface area contributed by atoms with E-state index in [1.807, 2.05) is 24.0 Å². The van der Waals surface area contributed by atoms with Crippen molar-refractivity contribution in [2.75, 3.05) is 31.5 Å². The molecule has 1 heterocycles. The summed E-state index contributed by atoms with van der Waals surface area (Å²) in [6, 6.07) is 11.4. The first-order valence-electron chi connectivity index (χ1n) is 9.35. The van der Waals surface area contributed by atoms with E-state index in [0.29, 0.717) is 41.9 Å². The summed E-state index contributed by atoms with van der Waals surface area (Å²) < 4.78 is 56.3. The molecule has 1 saturated heterocycles. The molecule has 1 N–H and O–H groups in total. The zero-order chi connectivity index (χ0) is 21.9. The van der Waals surface area contributed by atoms with Gasteiger partial charge in [0.05, 0.1) is 4.90 Å². The first kappa shape index (κ1) is 22.4. The highest BCUT2D eigenvalue weighted by atomic mass is 32.2. The molecule has 1 aliphatic rings. The van der Waals surface area contributed by atoms with Gasteiger partial charge in [0.2, 0.25) is 10.0 Å². The number of halogens is 2. The number of anilines is 1. The third kappa shape index (κ3) is 5.24. The van der Waals surface area contributed by atoms with Crippen molar-refractivity contribution in [3.05, 3.63) is 53.6 Å². The lowest BCUT2D eigenvalue weighted by molar-refractivity contribution is -0.0498. The van der Waals surface area contributed by atoms with Crippen molar-refractivity contribution in [2.24, 2.45) is 0 Å². The first-order chi connectivity index (χ1) is 14.2. The number of sulfonamides is 1. The summed E-state index contributed by atoms with van der Waals surface area (Å²) in [6.45, 7) is 2.31. The second-order valence-electron chi connectivity index (χ2n) is 6.99. The third-order valence-corrected chi connectivity index (χ3v) is 7.22. The van der Waals surface area contributed by atoms with E-state index in [1.165, 1.54) is 16.4 Å². The normalized spacial score (nSPS) is 15.3. The topological polar surface area (TPSA) is 61.9 Å². The zero-order valence-corrected chi connectivity index (χ0v) is 18.3. The van der Waals surface area contributed by atoms with Gasteiger partial charge >= 0.3 is 6.61 Å². The van der Waals surface area contributed by atoms with Crippen LogP contribution in [-0.4, -0.2) is 55.5 Å². The Morgan fingerprint density at radius 2 is 1.70 bits per heavy atom. The maximum Gasteiger partial charge on any atom is 0.387 e. The van der Waals surface area contributed by atoms with Gasteiger partial charge in [-0.25, -0.2) is 8.42 Å². The largest absolute Gasteiger partial charge is 0.435 e. The van der Waals surface area contributed by atoms with Crippen molar-refractivity contribution in [3.8, 4) is 5.75 Å². The number of piperazine rings is 1. The molecule has 2 aromatic carbocycles. The van der Waals surface area contributed by atoms with E-state index >= 15 is 0 Å². The molecule has 6 nitrogen and oxygen atoms in total. The molecule has 0 amide bonds. The number of thiocarbonyl (C=S) groups is 1. The lowest BCUT2D eigenvalue weighted by Crippen LogP contribution is -2.51. The Bertz CT molecular complexity index is 1010. The lowest BCUT2D eigenvalue weighted by Gasteiger charge is -2.35. The van der Waals surface area contributed by atoms with Crippen molar-refractivity contribution < 1.29 is 21.9 Å². The molecule has 0 aromatic heterocycles. The quantitative estimate of drug-likeness (QED) is 0.695. The number of hydrogen-bond acceptors (Lipinski definition) is 4. The highest BCUT2D eigenvalue weighted by Crippen LogP contribution is 2.23. The molecule has 0 bridgehead atoms. The number of benzene rings is 2. The average molecular weight is 456 g/mol.